The number of likely N-dealkylation sites (tertiary alicyclic amines) is 1. The minimum absolute atomic E-state index is 0.0737. The van der Waals surface area contributed by atoms with Crippen molar-refractivity contribution < 1.29 is 19.4 Å². The number of nitrogens with zero attached hydrogens (tertiary/aromatic N) is 1. The molecule has 1 atom stereocenters. The molecule has 0 radical (unpaired) electrons. The second kappa shape index (κ2) is 6.75. The maximum atomic E-state index is 11.5. The van der Waals surface area contributed by atoms with Crippen LogP contribution in [0, 0.1) is 0 Å². The second-order valence-corrected chi connectivity index (χ2v) is 5.83. The number of aliphatic carboxylic acids is 1. The lowest BCUT2D eigenvalue weighted by atomic mass is 10.1. The Bertz CT molecular complexity index is 319. The molecule has 0 aliphatic carbocycles. The third-order valence-corrected chi connectivity index (χ3v) is 2.96. The summed E-state index contributed by atoms with van der Waals surface area (Å²) in [5, 5.41) is 11.8. The molecule has 1 rings (SSSR count). The highest BCUT2D eigenvalue weighted by molar-refractivity contribution is 5.75. The van der Waals surface area contributed by atoms with Gasteiger partial charge in [0.25, 0.3) is 0 Å². The van der Waals surface area contributed by atoms with Crippen LogP contribution in [0.5, 0.6) is 0 Å². The number of carbonyl (C=O) groups excluding carboxylic acids is 1. The standard InChI is InChI=1S/C13H24N2O4/c1-13(2,3)19-12(18)14-9-10(11(16)17)15-7-5-4-6-8-15/h10H,4-9H2,1-3H3,(H,14,18)(H,16,17)/t10-/m0/s1. The Labute approximate surface area is 114 Å². The average Bonchev–Trinajstić information content (AvgIpc) is 2.27. The number of carboxylic acids is 1. The molecule has 0 saturated carbocycles. The molecule has 6 heteroatoms. The van der Waals surface area contributed by atoms with Gasteiger partial charge in [-0.2, -0.15) is 0 Å². The number of alkyl carbamates (subject to hydrolysis) is 1. The maximum Gasteiger partial charge on any atom is 0.407 e. The molecular formula is C13H24N2O4. The van der Waals surface area contributed by atoms with Gasteiger partial charge in [-0.25, -0.2) is 4.79 Å². The fourth-order valence-electron chi connectivity index (χ4n) is 2.10. The van der Waals surface area contributed by atoms with E-state index in [0.29, 0.717) is 0 Å². The van der Waals surface area contributed by atoms with Gasteiger partial charge in [-0.15, -0.1) is 0 Å². The number of piperidine rings is 1. The topological polar surface area (TPSA) is 78.9 Å². The molecule has 0 aromatic heterocycles. The zero-order valence-corrected chi connectivity index (χ0v) is 11.9. The third kappa shape index (κ3) is 5.92. The molecule has 19 heavy (non-hydrogen) atoms. The molecule has 0 spiro atoms. The predicted octanol–water partition coefficient (Wildman–Crippen LogP) is 1.45. The van der Waals surface area contributed by atoms with Crippen molar-refractivity contribution in [2.24, 2.45) is 0 Å². The van der Waals surface area contributed by atoms with E-state index in [2.05, 4.69) is 5.32 Å². The van der Waals surface area contributed by atoms with Crippen molar-refractivity contribution in [3.8, 4) is 0 Å². The molecule has 1 aliphatic rings. The monoisotopic (exact) mass is 272 g/mol. The Morgan fingerprint density at radius 2 is 1.84 bits per heavy atom. The Morgan fingerprint density at radius 1 is 1.26 bits per heavy atom. The van der Waals surface area contributed by atoms with Crippen LogP contribution in [-0.4, -0.2) is 53.3 Å². The van der Waals surface area contributed by atoms with Gasteiger partial charge in [-0.1, -0.05) is 6.42 Å². The summed E-state index contributed by atoms with van der Waals surface area (Å²) >= 11 is 0. The van der Waals surface area contributed by atoms with Crippen LogP contribution < -0.4 is 5.32 Å². The van der Waals surface area contributed by atoms with Crippen LogP contribution >= 0.6 is 0 Å². The Hall–Kier alpha value is -1.30. The van der Waals surface area contributed by atoms with Gasteiger partial charge in [-0.05, 0) is 46.7 Å². The zero-order chi connectivity index (χ0) is 14.5. The van der Waals surface area contributed by atoms with Crippen molar-refractivity contribution in [3.05, 3.63) is 0 Å². The van der Waals surface area contributed by atoms with Gasteiger partial charge < -0.3 is 15.2 Å². The van der Waals surface area contributed by atoms with Gasteiger partial charge in [-0.3, -0.25) is 9.69 Å². The summed E-state index contributed by atoms with van der Waals surface area (Å²) < 4.78 is 5.09. The fourth-order valence-corrected chi connectivity index (χ4v) is 2.10. The quantitative estimate of drug-likeness (QED) is 0.810. The number of carboxylic acid groups (broad SMARTS) is 1. The van der Waals surface area contributed by atoms with Crippen molar-refractivity contribution in [1.82, 2.24) is 10.2 Å². The second-order valence-electron chi connectivity index (χ2n) is 5.83. The molecule has 6 nitrogen and oxygen atoms in total. The number of hydrogen-bond donors (Lipinski definition) is 2. The van der Waals surface area contributed by atoms with Gasteiger partial charge in [0.05, 0.1) is 0 Å². The predicted molar refractivity (Wildman–Crippen MR) is 71.1 cm³/mol. The van der Waals surface area contributed by atoms with Crippen LogP contribution in [-0.2, 0) is 9.53 Å². The number of rotatable bonds is 4. The molecule has 1 heterocycles. The summed E-state index contributed by atoms with van der Waals surface area (Å²) in [4.78, 5) is 24.7. The molecule has 0 unspecified atom stereocenters. The largest absolute Gasteiger partial charge is 0.480 e. The molecule has 1 fully saturated rings. The lowest BCUT2D eigenvalue weighted by Crippen LogP contribution is -2.50. The Kier molecular flexibility index (Phi) is 5.60. The number of carbonyl (C=O) groups is 2. The Morgan fingerprint density at radius 3 is 2.32 bits per heavy atom. The number of nitrogens with one attached hydrogen (secondary N) is 1. The Balaban J connectivity index is 2.45. The lowest BCUT2D eigenvalue weighted by Gasteiger charge is -2.32. The van der Waals surface area contributed by atoms with Crippen molar-refractivity contribution in [2.45, 2.75) is 51.7 Å². The van der Waals surface area contributed by atoms with Crippen LogP contribution in [0.1, 0.15) is 40.0 Å². The van der Waals surface area contributed by atoms with E-state index in [4.69, 9.17) is 4.74 Å². The molecule has 1 saturated heterocycles. The van der Waals surface area contributed by atoms with Gasteiger partial charge in [0.2, 0.25) is 0 Å². The van der Waals surface area contributed by atoms with E-state index in [1.807, 2.05) is 4.90 Å². The van der Waals surface area contributed by atoms with Crippen molar-refractivity contribution >= 4 is 12.1 Å². The van der Waals surface area contributed by atoms with E-state index < -0.39 is 23.7 Å². The van der Waals surface area contributed by atoms with E-state index in [0.717, 1.165) is 32.4 Å². The first kappa shape index (κ1) is 15.8. The van der Waals surface area contributed by atoms with Gasteiger partial charge in [0.15, 0.2) is 0 Å². The lowest BCUT2D eigenvalue weighted by molar-refractivity contribution is -0.143. The van der Waals surface area contributed by atoms with E-state index >= 15 is 0 Å². The molecule has 0 bridgehead atoms. The molecule has 1 amide bonds. The maximum absolute atomic E-state index is 11.5. The zero-order valence-electron chi connectivity index (χ0n) is 11.9. The fraction of sp³-hybridized carbons (Fsp3) is 0.846. The molecule has 0 aromatic carbocycles. The number of ether oxygens (including phenoxy) is 1. The van der Waals surface area contributed by atoms with Crippen molar-refractivity contribution in [2.75, 3.05) is 19.6 Å². The highest BCUT2D eigenvalue weighted by Crippen LogP contribution is 2.12. The summed E-state index contributed by atoms with van der Waals surface area (Å²) in [7, 11) is 0. The summed E-state index contributed by atoms with van der Waals surface area (Å²) in [6, 6.07) is -0.673. The summed E-state index contributed by atoms with van der Waals surface area (Å²) in [5.74, 6) is -0.905. The number of hydrogen-bond acceptors (Lipinski definition) is 4. The first-order valence-electron chi connectivity index (χ1n) is 6.73. The highest BCUT2D eigenvalue weighted by Gasteiger charge is 2.27. The van der Waals surface area contributed by atoms with E-state index in [1.165, 1.54) is 0 Å². The van der Waals surface area contributed by atoms with E-state index in [9.17, 15) is 14.7 Å². The van der Waals surface area contributed by atoms with Crippen LogP contribution in [0.2, 0.25) is 0 Å². The van der Waals surface area contributed by atoms with Gasteiger partial charge in [0.1, 0.15) is 11.6 Å². The molecule has 1 aliphatic heterocycles. The first-order chi connectivity index (χ1) is 8.79. The van der Waals surface area contributed by atoms with Crippen LogP contribution in [0.15, 0.2) is 0 Å². The van der Waals surface area contributed by atoms with E-state index in [1.54, 1.807) is 20.8 Å². The average molecular weight is 272 g/mol. The van der Waals surface area contributed by atoms with Gasteiger partial charge in [0, 0.05) is 6.54 Å². The summed E-state index contributed by atoms with van der Waals surface area (Å²) in [6.45, 7) is 6.92. The van der Waals surface area contributed by atoms with Crippen molar-refractivity contribution in [1.29, 1.82) is 0 Å². The number of amides is 1. The first-order valence-corrected chi connectivity index (χ1v) is 6.73. The molecule has 0 aromatic rings. The summed E-state index contributed by atoms with van der Waals surface area (Å²) in [5.41, 5.74) is -0.575. The highest BCUT2D eigenvalue weighted by atomic mass is 16.6. The van der Waals surface area contributed by atoms with Crippen molar-refractivity contribution in [3.63, 3.8) is 0 Å². The normalized spacial score (nSPS) is 18.7. The third-order valence-electron chi connectivity index (χ3n) is 2.96. The minimum Gasteiger partial charge on any atom is -0.480 e. The smallest absolute Gasteiger partial charge is 0.407 e. The van der Waals surface area contributed by atoms with Crippen LogP contribution in [0.3, 0.4) is 0 Å². The van der Waals surface area contributed by atoms with Crippen LogP contribution in [0.25, 0.3) is 0 Å². The van der Waals surface area contributed by atoms with E-state index in [-0.39, 0.29) is 6.54 Å². The molecular weight excluding hydrogens is 248 g/mol. The van der Waals surface area contributed by atoms with Crippen LogP contribution in [0.4, 0.5) is 4.79 Å². The van der Waals surface area contributed by atoms with Gasteiger partial charge >= 0.3 is 12.1 Å². The SMILES string of the molecule is CC(C)(C)OC(=O)NC[C@@H](C(=O)O)N1CCCCC1. The summed E-state index contributed by atoms with van der Waals surface area (Å²) in [6.07, 6.45) is 2.59. The molecule has 2 N–H and O–H groups in total. The molecule has 110 valence electrons. The minimum atomic E-state index is -0.905.